The van der Waals surface area contributed by atoms with E-state index in [2.05, 4.69) is 44.9 Å². The molecule has 1 saturated heterocycles. The monoisotopic (exact) mass is 404 g/mol. The number of nitrogens with zero attached hydrogens (tertiary/aromatic N) is 1. The summed E-state index contributed by atoms with van der Waals surface area (Å²) in [5.74, 6) is 0.872. The number of rotatable bonds is 2. The topological polar surface area (TPSA) is 15.3 Å². The second kappa shape index (κ2) is 6.84. The van der Waals surface area contributed by atoms with Crippen molar-refractivity contribution in [2.45, 2.75) is 38.1 Å². The third-order valence-electron chi connectivity index (χ3n) is 4.67. The van der Waals surface area contributed by atoms with Gasteiger partial charge in [-0.2, -0.15) is 0 Å². The van der Waals surface area contributed by atoms with E-state index in [4.69, 9.17) is 11.6 Å². The molecule has 2 fully saturated rings. The Labute approximate surface area is 140 Å². The third kappa shape index (κ3) is 3.42. The van der Waals surface area contributed by atoms with Crippen molar-refractivity contribution in [1.82, 2.24) is 5.32 Å². The number of halogens is 2. The average molecular weight is 405 g/mol. The average Bonchev–Trinajstić information content (AvgIpc) is 2.48. The molecule has 0 radical (unpaired) electrons. The molecule has 1 aliphatic carbocycles. The Balaban J connectivity index is 1.71. The molecule has 1 atom stereocenters. The first-order chi connectivity index (χ1) is 9.74. The number of hydrogen-bond acceptors (Lipinski definition) is 2. The highest BCUT2D eigenvalue weighted by molar-refractivity contribution is 14.1. The fourth-order valence-electron chi connectivity index (χ4n) is 3.59. The number of hydrogen-bond donors (Lipinski definition) is 1. The van der Waals surface area contributed by atoms with Crippen molar-refractivity contribution in [3.05, 3.63) is 26.8 Å². The van der Waals surface area contributed by atoms with Gasteiger partial charge in [0, 0.05) is 34.3 Å². The SMILES string of the molecule is Clc1ccc(N2CCNC(C3CCCCC3)C2)c(I)c1. The summed E-state index contributed by atoms with van der Waals surface area (Å²) in [7, 11) is 0. The standard InChI is InChI=1S/C16H22ClIN2/c17-13-6-7-16(14(18)10-13)20-9-8-19-15(11-20)12-4-2-1-3-5-12/h6-7,10,12,15,19H,1-5,8-9,11H2. The summed E-state index contributed by atoms with van der Waals surface area (Å²) in [5.41, 5.74) is 1.34. The highest BCUT2D eigenvalue weighted by Gasteiger charge is 2.28. The zero-order valence-electron chi connectivity index (χ0n) is 11.7. The van der Waals surface area contributed by atoms with Crippen molar-refractivity contribution in [3.8, 4) is 0 Å². The predicted molar refractivity (Wildman–Crippen MR) is 94.7 cm³/mol. The van der Waals surface area contributed by atoms with Crippen LogP contribution in [0.3, 0.4) is 0 Å². The van der Waals surface area contributed by atoms with Gasteiger partial charge in [-0.05, 0) is 59.5 Å². The second-order valence-corrected chi connectivity index (χ2v) is 7.60. The van der Waals surface area contributed by atoms with Crippen molar-refractivity contribution in [1.29, 1.82) is 0 Å². The van der Waals surface area contributed by atoms with Crippen LogP contribution in [0.15, 0.2) is 18.2 Å². The minimum Gasteiger partial charge on any atom is -0.368 e. The Bertz CT molecular complexity index is 460. The van der Waals surface area contributed by atoms with Crippen LogP contribution >= 0.6 is 34.2 Å². The number of benzene rings is 1. The van der Waals surface area contributed by atoms with E-state index in [1.807, 2.05) is 6.07 Å². The molecule has 2 aliphatic rings. The molecular weight excluding hydrogens is 383 g/mol. The molecule has 20 heavy (non-hydrogen) atoms. The maximum Gasteiger partial charge on any atom is 0.0503 e. The van der Waals surface area contributed by atoms with Crippen LogP contribution in [0.25, 0.3) is 0 Å². The molecule has 1 aromatic rings. The molecule has 1 aliphatic heterocycles. The molecule has 110 valence electrons. The fraction of sp³-hybridized carbons (Fsp3) is 0.625. The highest BCUT2D eigenvalue weighted by atomic mass is 127. The Kier molecular flexibility index (Phi) is 5.10. The van der Waals surface area contributed by atoms with E-state index < -0.39 is 0 Å². The Morgan fingerprint density at radius 1 is 1.20 bits per heavy atom. The minimum atomic E-state index is 0.663. The molecule has 0 bridgehead atoms. The lowest BCUT2D eigenvalue weighted by Crippen LogP contribution is -2.54. The van der Waals surface area contributed by atoms with Crippen molar-refractivity contribution in [2.24, 2.45) is 5.92 Å². The van der Waals surface area contributed by atoms with E-state index in [0.717, 1.165) is 30.6 Å². The number of nitrogens with one attached hydrogen (secondary N) is 1. The highest BCUT2D eigenvalue weighted by Crippen LogP contribution is 2.31. The van der Waals surface area contributed by atoms with E-state index in [1.54, 1.807) is 0 Å². The molecule has 1 N–H and O–H groups in total. The van der Waals surface area contributed by atoms with Gasteiger partial charge in [0.25, 0.3) is 0 Å². The van der Waals surface area contributed by atoms with Gasteiger partial charge in [0.1, 0.15) is 0 Å². The number of anilines is 1. The molecule has 1 aromatic carbocycles. The summed E-state index contributed by atoms with van der Waals surface area (Å²) in [6.07, 6.45) is 7.08. The smallest absolute Gasteiger partial charge is 0.0503 e. The van der Waals surface area contributed by atoms with E-state index in [9.17, 15) is 0 Å². The van der Waals surface area contributed by atoms with Crippen molar-refractivity contribution in [2.75, 3.05) is 24.5 Å². The Morgan fingerprint density at radius 3 is 2.75 bits per heavy atom. The first-order valence-corrected chi connectivity index (χ1v) is 9.13. The summed E-state index contributed by atoms with van der Waals surface area (Å²) < 4.78 is 1.26. The Morgan fingerprint density at radius 2 is 2.00 bits per heavy atom. The minimum absolute atomic E-state index is 0.663. The molecule has 1 saturated carbocycles. The van der Waals surface area contributed by atoms with Gasteiger partial charge in [-0.1, -0.05) is 30.9 Å². The number of piperazine rings is 1. The van der Waals surface area contributed by atoms with Crippen LogP contribution in [0, 0.1) is 9.49 Å². The summed E-state index contributed by atoms with van der Waals surface area (Å²) >= 11 is 8.47. The maximum atomic E-state index is 6.07. The zero-order chi connectivity index (χ0) is 13.9. The summed E-state index contributed by atoms with van der Waals surface area (Å²) in [6.45, 7) is 3.34. The third-order valence-corrected chi connectivity index (χ3v) is 5.77. The van der Waals surface area contributed by atoms with Gasteiger partial charge in [-0.25, -0.2) is 0 Å². The molecule has 1 unspecified atom stereocenters. The molecule has 1 heterocycles. The lowest BCUT2D eigenvalue weighted by molar-refractivity contribution is 0.257. The van der Waals surface area contributed by atoms with E-state index in [1.165, 1.54) is 41.4 Å². The van der Waals surface area contributed by atoms with Crippen LogP contribution in [0.1, 0.15) is 32.1 Å². The molecule has 0 spiro atoms. The van der Waals surface area contributed by atoms with Crippen LogP contribution in [-0.4, -0.2) is 25.7 Å². The van der Waals surface area contributed by atoms with Gasteiger partial charge in [0.15, 0.2) is 0 Å². The van der Waals surface area contributed by atoms with Crippen LogP contribution in [-0.2, 0) is 0 Å². The van der Waals surface area contributed by atoms with Crippen molar-refractivity contribution >= 4 is 39.9 Å². The van der Waals surface area contributed by atoms with Crippen LogP contribution in [0.2, 0.25) is 5.02 Å². The Hall–Kier alpha value is -0.000000000000000111. The fourth-order valence-corrected chi connectivity index (χ4v) is 4.80. The molecule has 3 rings (SSSR count). The van der Waals surface area contributed by atoms with E-state index in [0.29, 0.717) is 6.04 Å². The summed E-state index contributed by atoms with van der Waals surface area (Å²) in [6, 6.07) is 6.91. The second-order valence-electron chi connectivity index (χ2n) is 6.00. The van der Waals surface area contributed by atoms with Crippen molar-refractivity contribution < 1.29 is 0 Å². The van der Waals surface area contributed by atoms with Crippen LogP contribution in [0.4, 0.5) is 5.69 Å². The lowest BCUT2D eigenvalue weighted by Gasteiger charge is -2.40. The van der Waals surface area contributed by atoms with Crippen LogP contribution < -0.4 is 10.2 Å². The van der Waals surface area contributed by atoms with Gasteiger partial charge in [-0.3, -0.25) is 0 Å². The van der Waals surface area contributed by atoms with Gasteiger partial charge in [0.2, 0.25) is 0 Å². The van der Waals surface area contributed by atoms with Gasteiger partial charge >= 0.3 is 0 Å². The van der Waals surface area contributed by atoms with Crippen molar-refractivity contribution in [3.63, 3.8) is 0 Å². The van der Waals surface area contributed by atoms with E-state index in [-0.39, 0.29) is 0 Å². The first kappa shape index (κ1) is 14.9. The molecular formula is C16H22ClIN2. The largest absolute Gasteiger partial charge is 0.368 e. The normalized spacial score (nSPS) is 24.9. The van der Waals surface area contributed by atoms with Gasteiger partial charge in [0.05, 0.1) is 5.69 Å². The predicted octanol–water partition coefficient (Wildman–Crippen LogP) is 4.30. The van der Waals surface area contributed by atoms with Gasteiger partial charge in [-0.15, -0.1) is 0 Å². The maximum absolute atomic E-state index is 6.07. The summed E-state index contributed by atoms with van der Waals surface area (Å²) in [5, 5.41) is 4.58. The summed E-state index contributed by atoms with van der Waals surface area (Å²) in [4.78, 5) is 2.54. The molecule has 0 amide bonds. The van der Waals surface area contributed by atoms with Crippen LogP contribution in [0.5, 0.6) is 0 Å². The molecule has 2 nitrogen and oxygen atoms in total. The lowest BCUT2D eigenvalue weighted by atomic mass is 9.83. The molecule has 4 heteroatoms. The molecule has 0 aromatic heterocycles. The first-order valence-electron chi connectivity index (χ1n) is 7.67. The van der Waals surface area contributed by atoms with E-state index >= 15 is 0 Å². The quantitative estimate of drug-likeness (QED) is 0.739. The zero-order valence-corrected chi connectivity index (χ0v) is 14.7. The van der Waals surface area contributed by atoms with Gasteiger partial charge < -0.3 is 10.2 Å².